The first-order valence-electron chi connectivity index (χ1n) is 9.77. The van der Waals surface area contributed by atoms with Crippen molar-refractivity contribution in [1.29, 1.82) is 0 Å². The number of benzene rings is 3. The number of rotatable bonds is 5. The van der Waals surface area contributed by atoms with E-state index in [9.17, 15) is 9.59 Å². The van der Waals surface area contributed by atoms with Crippen molar-refractivity contribution in [3.05, 3.63) is 85.5 Å². The van der Waals surface area contributed by atoms with Crippen LogP contribution < -0.4 is 33.6 Å². The topological polar surface area (TPSA) is 172 Å². The summed E-state index contributed by atoms with van der Waals surface area (Å²) in [6.45, 7) is 3.40. The van der Waals surface area contributed by atoms with E-state index in [1.54, 1.807) is 72.8 Å². The van der Waals surface area contributed by atoms with Crippen LogP contribution in [0.5, 0.6) is 0 Å². The third kappa shape index (κ3) is 12.1. The maximum Gasteiger partial charge on any atom is 0.250 e. The molecule has 0 radical (unpaired) electrons. The molecule has 9 heteroatoms. The highest BCUT2D eigenvalue weighted by atomic mass is 16.5. The molecule has 3 rings (SSSR count). The van der Waals surface area contributed by atoms with Crippen LogP contribution in [0.25, 0.3) is 0 Å². The predicted octanol–water partition coefficient (Wildman–Crippen LogP) is 3.10. The van der Waals surface area contributed by atoms with Crippen LogP contribution in [-0.2, 0) is 14.3 Å². The molecule has 0 aromatic heterocycles. The Kier molecular flexibility index (Phi) is 11.7. The van der Waals surface area contributed by atoms with E-state index in [0.29, 0.717) is 17.1 Å². The number of ether oxygens (including phenoxy) is 1. The minimum atomic E-state index is -0.222. The van der Waals surface area contributed by atoms with E-state index in [1.807, 2.05) is 0 Å². The van der Waals surface area contributed by atoms with Crippen LogP contribution in [0.3, 0.4) is 0 Å². The lowest BCUT2D eigenvalue weighted by Gasteiger charge is -2.03. The molecule has 0 aliphatic rings. The minimum Gasteiger partial charge on any atom is -0.399 e. The maximum atomic E-state index is 11.0. The molecule has 3 aromatic rings. The molecule has 3 aromatic carbocycles. The molecule has 0 atom stereocenters. The Balaban J connectivity index is 0.000000254. The number of hydrogen-bond donors (Lipinski definition) is 6. The summed E-state index contributed by atoms with van der Waals surface area (Å²) in [5, 5.41) is 5.26. The number of anilines is 6. The number of carbonyl (C=O) groups is 2. The van der Waals surface area contributed by atoms with E-state index in [0.717, 1.165) is 17.1 Å². The van der Waals surface area contributed by atoms with Crippen molar-refractivity contribution in [2.75, 3.05) is 47.3 Å². The molecule has 0 spiro atoms. The Morgan fingerprint density at radius 1 is 0.727 bits per heavy atom. The van der Waals surface area contributed by atoms with Crippen molar-refractivity contribution < 1.29 is 14.3 Å². The van der Waals surface area contributed by atoms with Gasteiger partial charge in [-0.3, -0.25) is 9.59 Å². The van der Waals surface area contributed by atoms with Crippen LogP contribution in [0.1, 0.15) is 0 Å². The zero-order chi connectivity index (χ0) is 24.6. The number of nitrogen functional groups attached to an aromatic ring is 4. The molecule has 0 saturated heterocycles. The molecule has 2 amide bonds. The molecule has 0 saturated carbocycles. The Hall–Kier alpha value is -4.50. The van der Waals surface area contributed by atoms with Gasteiger partial charge >= 0.3 is 0 Å². The molecule has 9 nitrogen and oxygen atoms in total. The van der Waals surface area contributed by atoms with Crippen LogP contribution in [0.15, 0.2) is 85.5 Å². The van der Waals surface area contributed by atoms with Crippen LogP contribution in [-0.4, -0.2) is 25.5 Å². The summed E-state index contributed by atoms with van der Waals surface area (Å²) in [4.78, 5) is 21.8. The summed E-state index contributed by atoms with van der Waals surface area (Å²) in [7, 11) is 1.47. The summed E-state index contributed by atoms with van der Waals surface area (Å²) in [5.41, 5.74) is 26.0. The number of hydrogen-bond acceptors (Lipinski definition) is 7. The molecular formula is C24H30N6O3. The Labute approximate surface area is 193 Å². The summed E-state index contributed by atoms with van der Waals surface area (Å²) in [5.74, 6) is -0.396. The molecular weight excluding hydrogens is 420 g/mol. The van der Waals surface area contributed by atoms with Gasteiger partial charge in [0.15, 0.2) is 0 Å². The average molecular weight is 451 g/mol. The Morgan fingerprint density at radius 2 is 1.06 bits per heavy atom. The first-order valence-corrected chi connectivity index (χ1v) is 9.77. The van der Waals surface area contributed by atoms with E-state index in [-0.39, 0.29) is 18.4 Å². The van der Waals surface area contributed by atoms with Gasteiger partial charge in [-0.05, 0) is 78.9 Å². The van der Waals surface area contributed by atoms with Gasteiger partial charge in [0.2, 0.25) is 11.8 Å². The van der Waals surface area contributed by atoms with E-state index >= 15 is 0 Å². The Morgan fingerprint density at radius 3 is 1.39 bits per heavy atom. The van der Waals surface area contributed by atoms with Gasteiger partial charge in [0, 0.05) is 41.2 Å². The summed E-state index contributed by atoms with van der Waals surface area (Å²) >= 11 is 0. The molecule has 0 bridgehead atoms. The molecule has 10 N–H and O–H groups in total. The normalized spacial score (nSPS) is 9.24. The smallest absolute Gasteiger partial charge is 0.250 e. The number of methoxy groups -OCH3 is 1. The first kappa shape index (κ1) is 26.5. The standard InChI is InChI=1S/C9H12N2O2.C9H10N2O.C6H8N2/c1-13-6-9(12)11-8-4-2-7(10)3-5-8;1-2-9(12)11-8-5-3-7(10)4-6-8;7-5-1-2-6(8)4-3-5/h2-5H,6,10H2,1H3,(H,11,12);2-6H,1,10H2,(H,11,12);1-4H,7-8H2. The lowest BCUT2D eigenvalue weighted by molar-refractivity contribution is -0.119. The van der Waals surface area contributed by atoms with Crippen LogP contribution >= 0.6 is 0 Å². The van der Waals surface area contributed by atoms with Crippen molar-refractivity contribution in [3.8, 4) is 0 Å². The lowest BCUT2D eigenvalue weighted by Crippen LogP contribution is -2.16. The van der Waals surface area contributed by atoms with Crippen LogP contribution in [0.2, 0.25) is 0 Å². The van der Waals surface area contributed by atoms with Gasteiger partial charge in [-0.1, -0.05) is 6.58 Å². The summed E-state index contributed by atoms with van der Waals surface area (Å²) in [6, 6.07) is 20.9. The Bertz CT molecular complexity index is 983. The number of nitrogens with two attached hydrogens (primary N) is 4. The zero-order valence-corrected chi connectivity index (χ0v) is 18.5. The van der Waals surface area contributed by atoms with Crippen molar-refractivity contribution in [3.63, 3.8) is 0 Å². The fourth-order valence-corrected chi connectivity index (χ4v) is 2.15. The first-order chi connectivity index (χ1) is 15.7. The van der Waals surface area contributed by atoms with Crippen LogP contribution in [0.4, 0.5) is 34.1 Å². The van der Waals surface area contributed by atoms with Gasteiger partial charge in [-0.15, -0.1) is 0 Å². The summed E-state index contributed by atoms with van der Waals surface area (Å²) in [6.07, 6.45) is 1.22. The van der Waals surface area contributed by atoms with Crippen molar-refractivity contribution in [1.82, 2.24) is 0 Å². The highest BCUT2D eigenvalue weighted by molar-refractivity contribution is 5.98. The molecule has 174 valence electrons. The lowest BCUT2D eigenvalue weighted by atomic mass is 10.3. The quantitative estimate of drug-likeness (QED) is 0.256. The maximum absolute atomic E-state index is 11.0. The third-order valence-electron chi connectivity index (χ3n) is 3.77. The van der Waals surface area contributed by atoms with Gasteiger partial charge < -0.3 is 38.3 Å². The molecule has 0 aliphatic heterocycles. The van der Waals surface area contributed by atoms with Gasteiger partial charge in [0.1, 0.15) is 6.61 Å². The van der Waals surface area contributed by atoms with E-state index in [2.05, 4.69) is 21.9 Å². The number of carbonyl (C=O) groups excluding carboxylic acids is 2. The second-order valence-electron chi connectivity index (χ2n) is 6.59. The molecule has 0 aliphatic carbocycles. The second-order valence-corrected chi connectivity index (χ2v) is 6.59. The van der Waals surface area contributed by atoms with Gasteiger partial charge in [0.25, 0.3) is 0 Å². The number of amides is 2. The van der Waals surface area contributed by atoms with Gasteiger partial charge in [-0.2, -0.15) is 0 Å². The predicted molar refractivity (Wildman–Crippen MR) is 136 cm³/mol. The van der Waals surface area contributed by atoms with Gasteiger partial charge in [0.05, 0.1) is 0 Å². The van der Waals surface area contributed by atoms with Gasteiger partial charge in [-0.25, -0.2) is 0 Å². The molecule has 33 heavy (non-hydrogen) atoms. The summed E-state index contributed by atoms with van der Waals surface area (Å²) < 4.78 is 4.66. The monoisotopic (exact) mass is 450 g/mol. The average Bonchev–Trinajstić information content (AvgIpc) is 2.80. The van der Waals surface area contributed by atoms with Crippen molar-refractivity contribution in [2.24, 2.45) is 0 Å². The van der Waals surface area contributed by atoms with E-state index in [1.165, 1.54) is 13.2 Å². The zero-order valence-electron chi connectivity index (χ0n) is 18.5. The highest BCUT2D eigenvalue weighted by Gasteiger charge is 1.99. The van der Waals surface area contributed by atoms with E-state index in [4.69, 9.17) is 22.9 Å². The highest BCUT2D eigenvalue weighted by Crippen LogP contribution is 2.10. The van der Waals surface area contributed by atoms with Crippen molar-refractivity contribution >= 4 is 45.9 Å². The molecule has 0 heterocycles. The van der Waals surface area contributed by atoms with Crippen molar-refractivity contribution in [2.45, 2.75) is 0 Å². The SMILES string of the molecule is C=CC(=O)Nc1ccc(N)cc1.COCC(=O)Nc1ccc(N)cc1.Nc1ccc(N)cc1. The molecule has 0 unspecified atom stereocenters. The van der Waals surface area contributed by atoms with Crippen LogP contribution in [0, 0.1) is 0 Å². The third-order valence-corrected chi connectivity index (χ3v) is 3.77. The fraction of sp³-hybridized carbons (Fsp3) is 0.0833. The fourth-order valence-electron chi connectivity index (χ4n) is 2.15. The minimum absolute atomic E-state index is 0.0599. The second kappa shape index (κ2) is 14.5. The largest absolute Gasteiger partial charge is 0.399 e. The van der Waals surface area contributed by atoms with E-state index < -0.39 is 0 Å². The number of nitrogens with one attached hydrogen (secondary N) is 2. The molecule has 0 fully saturated rings.